The lowest BCUT2D eigenvalue weighted by Crippen LogP contribution is -2.01. The van der Waals surface area contributed by atoms with Gasteiger partial charge in [0.05, 0.1) is 0 Å². The Kier molecular flexibility index (Phi) is 2.25. The van der Waals surface area contributed by atoms with E-state index in [0.717, 1.165) is 23.2 Å². The monoisotopic (exact) mass is 195 g/mol. The average molecular weight is 196 g/mol. The summed E-state index contributed by atoms with van der Waals surface area (Å²) in [5.41, 5.74) is 6.26. The molecule has 0 bridgehead atoms. The summed E-state index contributed by atoms with van der Waals surface area (Å²) in [6.07, 6.45) is 0.770. The smallest absolute Gasteiger partial charge is 0.135 e. The first-order valence-corrected chi connectivity index (χ1v) is 4.55. The molecule has 0 radical (unpaired) electrons. The van der Waals surface area contributed by atoms with Crippen molar-refractivity contribution in [2.45, 2.75) is 6.42 Å². The van der Waals surface area contributed by atoms with Crippen molar-refractivity contribution in [3.8, 4) is 0 Å². The minimum atomic E-state index is 0.605. The molecule has 0 aliphatic heterocycles. The molecule has 68 valence electrons. The number of hydrogen-bond donors (Lipinski definition) is 1. The number of nitrogens with two attached hydrogens (primary N) is 1. The number of halogens is 1. The van der Waals surface area contributed by atoms with Gasteiger partial charge in [-0.15, -0.1) is 0 Å². The largest absolute Gasteiger partial charge is 0.461 e. The van der Waals surface area contributed by atoms with Gasteiger partial charge in [-0.3, -0.25) is 0 Å². The van der Waals surface area contributed by atoms with Crippen LogP contribution in [-0.2, 0) is 6.42 Å². The predicted octanol–water partition coefficient (Wildman–Crippen LogP) is 2.59. The first kappa shape index (κ1) is 8.60. The molecule has 3 heteroatoms. The maximum atomic E-state index is 5.82. The zero-order valence-corrected chi connectivity index (χ0v) is 7.84. The Bertz CT molecular complexity index is 422. The fourth-order valence-corrected chi connectivity index (χ4v) is 1.49. The maximum absolute atomic E-state index is 5.82. The highest BCUT2D eigenvalue weighted by Crippen LogP contribution is 2.22. The molecule has 0 saturated carbocycles. The van der Waals surface area contributed by atoms with Crippen LogP contribution in [0.3, 0.4) is 0 Å². The Balaban J connectivity index is 2.49. The van der Waals surface area contributed by atoms with Crippen LogP contribution in [0.2, 0.25) is 5.02 Å². The van der Waals surface area contributed by atoms with Crippen molar-refractivity contribution in [3.05, 3.63) is 35.0 Å². The third kappa shape index (κ3) is 1.69. The van der Waals surface area contributed by atoms with Crippen LogP contribution < -0.4 is 5.73 Å². The quantitative estimate of drug-likeness (QED) is 0.800. The zero-order valence-electron chi connectivity index (χ0n) is 7.09. The van der Waals surface area contributed by atoms with Gasteiger partial charge in [0.25, 0.3) is 0 Å². The standard InChI is InChI=1S/C10H10ClNO/c11-8-2-1-7-5-9(3-4-12)13-10(7)6-8/h1-2,5-6H,3-4,12H2. The van der Waals surface area contributed by atoms with Crippen LogP contribution in [0.4, 0.5) is 0 Å². The van der Waals surface area contributed by atoms with E-state index in [1.165, 1.54) is 0 Å². The Labute approximate surface area is 81.3 Å². The first-order valence-electron chi connectivity index (χ1n) is 4.17. The van der Waals surface area contributed by atoms with E-state index in [0.29, 0.717) is 11.6 Å². The Morgan fingerprint density at radius 1 is 1.31 bits per heavy atom. The van der Waals surface area contributed by atoms with Crippen molar-refractivity contribution in [2.75, 3.05) is 6.54 Å². The van der Waals surface area contributed by atoms with Crippen molar-refractivity contribution >= 4 is 22.6 Å². The van der Waals surface area contributed by atoms with E-state index in [-0.39, 0.29) is 0 Å². The van der Waals surface area contributed by atoms with Crippen LogP contribution in [0, 0.1) is 0 Å². The van der Waals surface area contributed by atoms with Gasteiger partial charge in [-0.1, -0.05) is 11.6 Å². The molecule has 0 fully saturated rings. The molecule has 0 saturated heterocycles. The maximum Gasteiger partial charge on any atom is 0.135 e. The van der Waals surface area contributed by atoms with Gasteiger partial charge in [0.1, 0.15) is 11.3 Å². The van der Waals surface area contributed by atoms with Crippen LogP contribution in [0.1, 0.15) is 5.76 Å². The highest BCUT2D eigenvalue weighted by Gasteiger charge is 2.02. The molecule has 0 unspecified atom stereocenters. The van der Waals surface area contributed by atoms with E-state index in [1.54, 1.807) is 0 Å². The molecule has 0 amide bonds. The molecule has 2 N–H and O–H groups in total. The zero-order chi connectivity index (χ0) is 9.26. The molecule has 0 atom stereocenters. The minimum Gasteiger partial charge on any atom is -0.461 e. The summed E-state index contributed by atoms with van der Waals surface area (Å²) in [6, 6.07) is 7.61. The number of benzene rings is 1. The second kappa shape index (κ2) is 3.40. The number of fused-ring (bicyclic) bond motifs is 1. The fraction of sp³-hybridized carbons (Fsp3) is 0.200. The van der Waals surface area contributed by atoms with Gasteiger partial charge in [-0.05, 0) is 30.8 Å². The molecule has 1 heterocycles. The first-order chi connectivity index (χ1) is 6.29. The van der Waals surface area contributed by atoms with E-state index in [2.05, 4.69) is 0 Å². The summed E-state index contributed by atoms with van der Waals surface area (Å²) in [6.45, 7) is 0.605. The molecule has 1 aromatic carbocycles. The van der Waals surface area contributed by atoms with E-state index in [1.807, 2.05) is 24.3 Å². The van der Waals surface area contributed by atoms with Crippen LogP contribution in [0.5, 0.6) is 0 Å². The van der Waals surface area contributed by atoms with E-state index < -0.39 is 0 Å². The average Bonchev–Trinajstić information content (AvgIpc) is 2.46. The second-order valence-electron chi connectivity index (χ2n) is 2.93. The highest BCUT2D eigenvalue weighted by molar-refractivity contribution is 6.31. The Morgan fingerprint density at radius 2 is 2.15 bits per heavy atom. The molecule has 0 aliphatic rings. The lowest BCUT2D eigenvalue weighted by atomic mass is 10.2. The van der Waals surface area contributed by atoms with Crippen molar-refractivity contribution in [1.82, 2.24) is 0 Å². The van der Waals surface area contributed by atoms with Crippen molar-refractivity contribution < 1.29 is 4.42 Å². The third-order valence-electron chi connectivity index (χ3n) is 1.92. The molecular formula is C10H10ClNO. The second-order valence-corrected chi connectivity index (χ2v) is 3.37. The highest BCUT2D eigenvalue weighted by atomic mass is 35.5. The van der Waals surface area contributed by atoms with Gasteiger partial charge < -0.3 is 10.2 Å². The molecule has 2 aromatic rings. The fourth-order valence-electron chi connectivity index (χ4n) is 1.33. The summed E-state index contributed by atoms with van der Waals surface area (Å²) in [5.74, 6) is 0.916. The number of furan rings is 1. The molecule has 2 rings (SSSR count). The van der Waals surface area contributed by atoms with Crippen molar-refractivity contribution in [1.29, 1.82) is 0 Å². The molecule has 13 heavy (non-hydrogen) atoms. The van der Waals surface area contributed by atoms with E-state index in [4.69, 9.17) is 21.8 Å². The van der Waals surface area contributed by atoms with Gasteiger partial charge in [0, 0.05) is 16.8 Å². The lowest BCUT2D eigenvalue weighted by molar-refractivity contribution is 0.550. The van der Waals surface area contributed by atoms with Crippen LogP contribution in [0.25, 0.3) is 11.0 Å². The van der Waals surface area contributed by atoms with E-state index >= 15 is 0 Å². The molecule has 1 aromatic heterocycles. The van der Waals surface area contributed by atoms with Crippen molar-refractivity contribution in [3.63, 3.8) is 0 Å². The van der Waals surface area contributed by atoms with Gasteiger partial charge >= 0.3 is 0 Å². The summed E-state index contributed by atoms with van der Waals surface area (Å²) in [7, 11) is 0. The SMILES string of the molecule is NCCc1cc2ccc(Cl)cc2o1. The van der Waals surface area contributed by atoms with Gasteiger partial charge in [0.15, 0.2) is 0 Å². The van der Waals surface area contributed by atoms with Gasteiger partial charge in [-0.2, -0.15) is 0 Å². The summed E-state index contributed by atoms with van der Waals surface area (Å²) >= 11 is 5.82. The molecular weight excluding hydrogens is 186 g/mol. The minimum absolute atomic E-state index is 0.605. The van der Waals surface area contributed by atoms with Gasteiger partial charge in [0.2, 0.25) is 0 Å². The van der Waals surface area contributed by atoms with Crippen LogP contribution in [-0.4, -0.2) is 6.54 Å². The topological polar surface area (TPSA) is 39.2 Å². The third-order valence-corrected chi connectivity index (χ3v) is 2.16. The summed E-state index contributed by atoms with van der Waals surface area (Å²) in [5, 5.41) is 1.77. The summed E-state index contributed by atoms with van der Waals surface area (Å²) in [4.78, 5) is 0. The van der Waals surface area contributed by atoms with Crippen LogP contribution in [0.15, 0.2) is 28.7 Å². The molecule has 2 nitrogen and oxygen atoms in total. The number of rotatable bonds is 2. The van der Waals surface area contributed by atoms with E-state index in [9.17, 15) is 0 Å². The van der Waals surface area contributed by atoms with Crippen molar-refractivity contribution in [2.24, 2.45) is 5.73 Å². The predicted molar refractivity (Wildman–Crippen MR) is 54.0 cm³/mol. The molecule has 0 spiro atoms. The summed E-state index contributed by atoms with van der Waals surface area (Å²) < 4.78 is 5.52. The number of hydrogen-bond acceptors (Lipinski definition) is 2. The van der Waals surface area contributed by atoms with Crippen LogP contribution >= 0.6 is 11.6 Å². The van der Waals surface area contributed by atoms with Gasteiger partial charge in [-0.25, -0.2) is 0 Å². The molecule has 0 aliphatic carbocycles. The Morgan fingerprint density at radius 3 is 2.92 bits per heavy atom. The normalized spacial score (nSPS) is 10.9. The lowest BCUT2D eigenvalue weighted by Gasteiger charge is -1.89. The Hall–Kier alpha value is -0.990.